The minimum Gasteiger partial charge on any atom is -0.303 e. The minimum absolute atomic E-state index is 0.345. The fourth-order valence-corrected chi connectivity index (χ4v) is 2.47. The predicted octanol–water partition coefficient (Wildman–Crippen LogP) is 2.73. The Morgan fingerprint density at radius 2 is 2.26 bits per heavy atom. The second-order valence-corrected chi connectivity index (χ2v) is 4.72. The van der Waals surface area contributed by atoms with Crippen molar-refractivity contribution in [1.29, 1.82) is 0 Å². The van der Waals surface area contributed by atoms with Crippen LogP contribution in [-0.4, -0.2) is 15.6 Å². The summed E-state index contributed by atoms with van der Waals surface area (Å²) < 4.78 is 15.8. The molecule has 19 heavy (non-hydrogen) atoms. The molecule has 1 aliphatic rings. The lowest BCUT2D eigenvalue weighted by Gasteiger charge is -2.37. The lowest BCUT2D eigenvalue weighted by atomic mass is 9.72. The molecule has 2 aromatic rings. The maximum absolute atomic E-state index is 14.2. The van der Waals surface area contributed by atoms with E-state index in [2.05, 4.69) is 9.98 Å². The summed E-state index contributed by atoms with van der Waals surface area (Å²) >= 11 is 0. The van der Waals surface area contributed by atoms with Crippen LogP contribution in [0.1, 0.15) is 24.8 Å². The van der Waals surface area contributed by atoms with E-state index in [1.807, 2.05) is 6.07 Å². The predicted molar refractivity (Wildman–Crippen MR) is 67.2 cm³/mol. The van der Waals surface area contributed by atoms with E-state index in [9.17, 15) is 9.18 Å². The first-order chi connectivity index (χ1) is 9.25. The number of nitrogens with zero attached hydrogens (tertiary/aromatic N) is 3. The average Bonchev–Trinajstić information content (AvgIpc) is 2.87. The van der Waals surface area contributed by atoms with E-state index in [1.165, 1.54) is 6.07 Å². The van der Waals surface area contributed by atoms with E-state index < -0.39 is 5.54 Å². The number of imidazole rings is 1. The Morgan fingerprint density at radius 3 is 2.79 bits per heavy atom. The van der Waals surface area contributed by atoms with E-state index in [0.29, 0.717) is 5.69 Å². The van der Waals surface area contributed by atoms with Gasteiger partial charge in [-0.05, 0) is 37.0 Å². The quantitative estimate of drug-likeness (QED) is 0.627. The summed E-state index contributed by atoms with van der Waals surface area (Å²) in [5.41, 5.74) is 0.616. The molecular formula is C14H12FN3O. The number of carbonyl (C=O) groups excluding carboxylic acids is 1. The van der Waals surface area contributed by atoms with Crippen molar-refractivity contribution < 1.29 is 9.18 Å². The van der Waals surface area contributed by atoms with Crippen LogP contribution in [0.15, 0.2) is 41.9 Å². The molecule has 1 heterocycles. The van der Waals surface area contributed by atoms with Crippen LogP contribution in [-0.2, 0) is 10.3 Å². The number of hydrogen-bond donors (Lipinski definition) is 0. The van der Waals surface area contributed by atoms with Crippen LogP contribution in [0.4, 0.5) is 4.39 Å². The number of benzene rings is 1. The van der Waals surface area contributed by atoms with Crippen molar-refractivity contribution in [2.45, 2.75) is 24.8 Å². The summed E-state index contributed by atoms with van der Waals surface area (Å²) in [5.74, 6) is -0.345. The molecule has 1 aromatic heterocycles. The van der Waals surface area contributed by atoms with Gasteiger partial charge in [0.25, 0.3) is 0 Å². The van der Waals surface area contributed by atoms with Gasteiger partial charge in [-0.1, -0.05) is 6.07 Å². The summed E-state index contributed by atoms with van der Waals surface area (Å²) in [6.45, 7) is 0. The van der Waals surface area contributed by atoms with Crippen molar-refractivity contribution in [3.63, 3.8) is 0 Å². The molecule has 0 radical (unpaired) electrons. The molecule has 1 aliphatic carbocycles. The van der Waals surface area contributed by atoms with Crippen LogP contribution in [0, 0.1) is 5.82 Å². The summed E-state index contributed by atoms with van der Waals surface area (Å²) in [5, 5.41) is 0. The van der Waals surface area contributed by atoms with Gasteiger partial charge in [0.05, 0.1) is 17.6 Å². The topological polar surface area (TPSA) is 47.2 Å². The zero-order valence-corrected chi connectivity index (χ0v) is 10.2. The van der Waals surface area contributed by atoms with E-state index in [0.717, 1.165) is 24.8 Å². The molecule has 0 spiro atoms. The highest BCUT2D eigenvalue weighted by atomic mass is 19.1. The molecule has 0 aliphatic heterocycles. The van der Waals surface area contributed by atoms with Gasteiger partial charge in [0.1, 0.15) is 5.82 Å². The zero-order valence-electron chi connectivity index (χ0n) is 10.2. The molecule has 0 bridgehead atoms. The number of aromatic nitrogens is 2. The van der Waals surface area contributed by atoms with Crippen LogP contribution >= 0.6 is 0 Å². The van der Waals surface area contributed by atoms with Crippen molar-refractivity contribution in [2.24, 2.45) is 4.99 Å². The number of halogens is 1. The van der Waals surface area contributed by atoms with Crippen molar-refractivity contribution >= 4 is 6.08 Å². The van der Waals surface area contributed by atoms with Crippen molar-refractivity contribution in [1.82, 2.24) is 9.55 Å². The SMILES string of the molecule is O=C=NC1(c2ccc(-n3ccnc3)c(F)c2)CCC1. The Bertz CT molecular complexity index is 641. The average molecular weight is 257 g/mol. The second-order valence-electron chi connectivity index (χ2n) is 4.72. The molecule has 0 saturated heterocycles. The number of isocyanates is 1. The van der Waals surface area contributed by atoms with Crippen LogP contribution in [0.25, 0.3) is 5.69 Å². The molecule has 0 amide bonds. The fourth-order valence-electron chi connectivity index (χ4n) is 2.47. The van der Waals surface area contributed by atoms with Crippen molar-refractivity contribution in [3.05, 3.63) is 48.3 Å². The Labute approximate surface area is 109 Å². The smallest absolute Gasteiger partial charge is 0.235 e. The standard InChI is InChI=1S/C14H12FN3O/c15-12-8-11(14(17-10-19)4-1-5-14)2-3-13(12)18-7-6-16-9-18/h2-3,6-9H,1,4-5H2. The lowest BCUT2D eigenvalue weighted by molar-refractivity contribution is 0.255. The van der Waals surface area contributed by atoms with E-state index in [1.54, 1.807) is 35.4 Å². The largest absolute Gasteiger partial charge is 0.303 e. The maximum Gasteiger partial charge on any atom is 0.235 e. The Kier molecular flexibility index (Phi) is 2.76. The molecule has 0 atom stereocenters. The van der Waals surface area contributed by atoms with Gasteiger partial charge in [-0.2, -0.15) is 4.99 Å². The number of rotatable bonds is 3. The van der Waals surface area contributed by atoms with Crippen molar-refractivity contribution in [2.75, 3.05) is 0 Å². The van der Waals surface area contributed by atoms with Crippen LogP contribution in [0.3, 0.4) is 0 Å². The first kappa shape index (κ1) is 11.8. The first-order valence-electron chi connectivity index (χ1n) is 6.13. The highest BCUT2D eigenvalue weighted by Gasteiger charge is 2.39. The highest BCUT2D eigenvalue weighted by Crippen LogP contribution is 2.45. The molecule has 0 unspecified atom stereocenters. The Balaban J connectivity index is 2.02. The fraction of sp³-hybridized carbons (Fsp3) is 0.286. The molecule has 5 heteroatoms. The van der Waals surface area contributed by atoms with Gasteiger partial charge in [0, 0.05) is 12.4 Å². The molecule has 1 fully saturated rings. The van der Waals surface area contributed by atoms with Crippen LogP contribution < -0.4 is 0 Å². The van der Waals surface area contributed by atoms with Gasteiger partial charge in [0.15, 0.2) is 0 Å². The van der Waals surface area contributed by atoms with Gasteiger partial charge in [-0.3, -0.25) is 0 Å². The van der Waals surface area contributed by atoms with E-state index >= 15 is 0 Å². The number of aliphatic imine (C=N–C) groups is 1. The molecule has 3 rings (SSSR count). The summed E-state index contributed by atoms with van der Waals surface area (Å²) in [7, 11) is 0. The molecule has 96 valence electrons. The maximum atomic E-state index is 14.2. The second kappa shape index (κ2) is 4.44. The first-order valence-corrected chi connectivity index (χ1v) is 6.13. The third-order valence-corrected chi connectivity index (χ3v) is 3.71. The van der Waals surface area contributed by atoms with Gasteiger partial charge in [0.2, 0.25) is 6.08 Å². The summed E-state index contributed by atoms with van der Waals surface area (Å²) in [4.78, 5) is 18.3. The van der Waals surface area contributed by atoms with Gasteiger partial charge < -0.3 is 4.57 Å². The minimum atomic E-state index is -0.559. The highest BCUT2D eigenvalue weighted by molar-refractivity contribution is 5.43. The Morgan fingerprint density at radius 1 is 1.42 bits per heavy atom. The molecule has 4 nitrogen and oxygen atoms in total. The monoisotopic (exact) mass is 257 g/mol. The van der Waals surface area contributed by atoms with Crippen LogP contribution in [0.5, 0.6) is 0 Å². The Hall–Kier alpha value is -2.26. The van der Waals surface area contributed by atoms with Gasteiger partial charge in [-0.15, -0.1) is 0 Å². The van der Waals surface area contributed by atoms with E-state index in [-0.39, 0.29) is 5.82 Å². The molecular weight excluding hydrogens is 245 g/mol. The molecule has 1 saturated carbocycles. The van der Waals surface area contributed by atoms with Gasteiger partial charge in [-0.25, -0.2) is 14.2 Å². The number of hydrogen-bond acceptors (Lipinski definition) is 3. The molecule has 0 N–H and O–H groups in total. The molecule has 1 aromatic carbocycles. The zero-order chi connectivity index (χ0) is 13.3. The summed E-state index contributed by atoms with van der Waals surface area (Å²) in [6.07, 6.45) is 8.96. The van der Waals surface area contributed by atoms with Crippen LogP contribution in [0.2, 0.25) is 0 Å². The third-order valence-electron chi connectivity index (χ3n) is 3.71. The van der Waals surface area contributed by atoms with E-state index in [4.69, 9.17) is 0 Å². The van der Waals surface area contributed by atoms with Gasteiger partial charge >= 0.3 is 0 Å². The van der Waals surface area contributed by atoms with Crippen molar-refractivity contribution in [3.8, 4) is 5.69 Å². The normalized spacial score (nSPS) is 16.5. The lowest BCUT2D eigenvalue weighted by Crippen LogP contribution is -2.32. The summed E-state index contributed by atoms with van der Waals surface area (Å²) in [6, 6.07) is 4.96. The third kappa shape index (κ3) is 1.88.